The molecule has 3 heterocycles. The number of aromatic nitrogens is 2. The molecule has 0 saturated heterocycles. The highest BCUT2D eigenvalue weighted by Gasteiger charge is 2.46. The van der Waals surface area contributed by atoms with Gasteiger partial charge in [-0.1, -0.05) is 19.1 Å². The smallest absolute Gasteiger partial charge is 0.306 e. The van der Waals surface area contributed by atoms with Gasteiger partial charge in [-0.3, -0.25) is 4.79 Å². The fourth-order valence-corrected chi connectivity index (χ4v) is 4.17. The zero-order valence-electron chi connectivity index (χ0n) is 16.2. The molecule has 4 rings (SSSR count). The van der Waals surface area contributed by atoms with Crippen molar-refractivity contribution in [3.05, 3.63) is 47.3 Å². The number of ether oxygens (including phenoxy) is 1. The largest absolute Gasteiger partial charge is 0.481 e. The van der Waals surface area contributed by atoms with Crippen LogP contribution in [0.2, 0.25) is 0 Å². The van der Waals surface area contributed by atoms with Gasteiger partial charge in [0.2, 0.25) is 5.88 Å². The summed E-state index contributed by atoms with van der Waals surface area (Å²) in [7, 11) is 0. The average Bonchev–Trinajstić information content (AvgIpc) is 3.49. The Bertz CT molecular complexity index is 837. The highest BCUT2D eigenvalue weighted by Crippen LogP contribution is 2.52. The van der Waals surface area contributed by atoms with E-state index in [1.807, 2.05) is 25.3 Å². The Morgan fingerprint density at radius 2 is 2.25 bits per heavy atom. The number of nitrogens with one attached hydrogen (secondary N) is 1. The predicted molar refractivity (Wildman–Crippen MR) is 107 cm³/mol. The first-order valence-corrected chi connectivity index (χ1v) is 10.2. The number of hydrogen-bond acceptors (Lipinski definition) is 5. The van der Waals surface area contributed by atoms with Crippen molar-refractivity contribution in [2.24, 2.45) is 11.8 Å². The summed E-state index contributed by atoms with van der Waals surface area (Å²) in [5.41, 5.74) is 3.42. The van der Waals surface area contributed by atoms with Crippen LogP contribution < -0.4 is 10.1 Å². The van der Waals surface area contributed by atoms with E-state index in [1.165, 1.54) is 5.56 Å². The highest BCUT2D eigenvalue weighted by atomic mass is 16.5. The lowest BCUT2D eigenvalue weighted by Gasteiger charge is -2.17. The van der Waals surface area contributed by atoms with Crippen LogP contribution in [0, 0.1) is 11.8 Å². The van der Waals surface area contributed by atoms with Crippen molar-refractivity contribution in [3.8, 4) is 5.88 Å². The average molecular weight is 381 g/mol. The number of pyridine rings is 2. The van der Waals surface area contributed by atoms with Gasteiger partial charge in [0.05, 0.1) is 12.5 Å². The maximum Gasteiger partial charge on any atom is 0.306 e. The van der Waals surface area contributed by atoms with E-state index in [0.717, 1.165) is 49.3 Å². The maximum atomic E-state index is 11.3. The lowest BCUT2D eigenvalue weighted by molar-refractivity contribution is -0.142. The lowest BCUT2D eigenvalue weighted by Crippen LogP contribution is -2.15. The molecule has 2 aromatic heterocycles. The van der Waals surface area contributed by atoms with E-state index in [2.05, 4.69) is 27.4 Å². The first kappa shape index (κ1) is 18.7. The molecule has 3 atom stereocenters. The third kappa shape index (κ3) is 4.11. The molecular weight excluding hydrogens is 354 g/mol. The van der Waals surface area contributed by atoms with E-state index in [9.17, 15) is 9.90 Å². The summed E-state index contributed by atoms with van der Waals surface area (Å²) in [6, 6.07) is 8.13. The summed E-state index contributed by atoms with van der Waals surface area (Å²) < 4.78 is 5.78. The molecule has 0 amide bonds. The summed E-state index contributed by atoms with van der Waals surface area (Å²) in [5, 5.41) is 12.7. The van der Waals surface area contributed by atoms with Crippen LogP contribution in [0.3, 0.4) is 0 Å². The van der Waals surface area contributed by atoms with Crippen LogP contribution in [-0.4, -0.2) is 34.2 Å². The Balaban J connectivity index is 1.28. The number of rotatable bonds is 8. The van der Waals surface area contributed by atoms with Gasteiger partial charge in [0.15, 0.2) is 0 Å². The summed E-state index contributed by atoms with van der Waals surface area (Å²) in [6.07, 6.45) is 6.43. The molecule has 2 aromatic rings. The van der Waals surface area contributed by atoms with Gasteiger partial charge in [-0.15, -0.1) is 0 Å². The van der Waals surface area contributed by atoms with Crippen molar-refractivity contribution in [3.63, 3.8) is 0 Å². The number of aryl methyl sites for hydroxylation is 1. The summed E-state index contributed by atoms with van der Waals surface area (Å²) >= 11 is 0. The van der Waals surface area contributed by atoms with E-state index < -0.39 is 5.97 Å². The highest BCUT2D eigenvalue weighted by molar-refractivity contribution is 5.71. The quantitative estimate of drug-likeness (QED) is 0.726. The number of aliphatic carboxylic acids is 1. The second kappa shape index (κ2) is 8.17. The van der Waals surface area contributed by atoms with Gasteiger partial charge < -0.3 is 15.2 Å². The topological polar surface area (TPSA) is 84.3 Å². The van der Waals surface area contributed by atoms with E-state index >= 15 is 0 Å². The van der Waals surface area contributed by atoms with Crippen LogP contribution in [0.5, 0.6) is 5.88 Å². The van der Waals surface area contributed by atoms with Gasteiger partial charge in [-0.25, -0.2) is 9.97 Å². The standard InChI is InChI=1S/C22H27N3O3/c1-2-17(22(26)27)19-12-18(19)15-6-8-20(24-13-15)28-11-9-16-7-5-14-4-3-10-23-21(14)25-16/h5-8,13,17-19H,2-4,9-12H2,1H3,(H,23,25)(H,26,27). The van der Waals surface area contributed by atoms with Gasteiger partial charge in [-0.05, 0) is 54.7 Å². The molecule has 1 aliphatic carbocycles. The SMILES string of the molecule is CCC(C(=O)O)C1CC1c1ccc(OCCc2ccc3c(n2)NCCC3)nc1. The van der Waals surface area contributed by atoms with Crippen molar-refractivity contribution in [1.82, 2.24) is 9.97 Å². The van der Waals surface area contributed by atoms with Crippen LogP contribution in [0.1, 0.15) is 48.9 Å². The minimum Gasteiger partial charge on any atom is -0.481 e. The minimum atomic E-state index is -0.686. The fourth-order valence-electron chi connectivity index (χ4n) is 4.17. The third-order valence-corrected chi connectivity index (χ3v) is 5.86. The van der Waals surface area contributed by atoms with Crippen molar-refractivity contribution >= 4 is 11.8 Å². The zero-order chi connectivity index (χ0) is 19.5. The van der Waals surface area contributed by atoms with Crippen LogP contribution >= 0.6 is 0 Å². The lowest BCUT2D eigenvalue weighted by atomic mass is 9.97. The van der Waals surface area contributed by atoms with Gasteiger partial charge in [-0.2, -0.15) is 0 Å². The molecular formula is C22H27N3O3. The van der Waals surface area contributed by atoms with Crippen LogP contribution in [0.25, 0.3) is 0 Å². The number of carboxylic acids is 1. The third-order valence-electron chi connectivity index (χ3n) is 5.86. The summed E-state index contributed by atoms with van der Waals surface area (Å²) in [5.74, 6) is 1.22. The van der Waals surface area contributed by atoms with E-state index in [4.69, 9.17) is 4.74 Å². The molecule has 1 aliphatic heterocycles. The first-order valence-electron chi connectivity index (χ1n) is 10.2. The molecule has 148 valence electrons. The van der Waals surface area contributed by atoms with Crippen molar-refractivity contribution in [2.45, 2.75) is 44.9 Å². The minimum absolute atomic E-state index is 0.236. The number of carbonyl (C=O) groups is 1. The van der Waals surface area contributed by atoms with Crippen LogP contribution in [0.15, 0.2) is 30.5 Å². The molecule has 2 N–H and O–H groups in total. The molecule has 1 fully saturated rings. The Kier molecular flexibility index (Phi) is 5.46. The Labute approximate surface area is 165 Å². The Hall–Kier alpha value is -2.63. The summed E-state index contributed by atoms with van der Waals surface area (Å²) in [6.45, 7) is 3.46. The van der Waals surface area contributed by atoms with Crippen molar-refractivity contribution < 1.29 is 14.6 Å². The molecule has 3 unspecified atom stereocenters. The van der Waals surface area contributed by atoms with Gasteiger partial charge >= 0.3 is 5.97 Å². The second-order valence-electron chi connectivity index (χ2n) is 7.73. The predicted octanol–water partition coefficient (Wildman–Crippen LogP) is 3.67. The molecule has 0 aromatic carbocycles. The molecule has 6 heteroatoms. The van der Waals surface area contributed by atoms with E-state index in [-0.39, 0.29) is 11.8 Å². The summed E-state index contributed by atoms with van der Waals surface area (Å²) in [4.78, 5) is 20.4. The van der Waals surface area contributed by atoms with Crippen LogP contribution in [0.4, 0.5) is 5.82 Å². The number of nitrogens with zero attached hydrogens (tertiary/aromatic N) is 2. The molecule has 6 nitrogen and oxygen atoms in total. The van der Waals surface area contributed by atoms with Gasteiger partial charge in [0, 0.05) is 30.9 Å². The fraction of sp³-hybridized carbons (Fsp3) is 0.500. The number of carboxylic acid groups (broad SMARTS) is 1. The molecule has 2 aliphatic rings. The molecule has 28 heavy (non-hydrogen) atoms. The Morgan fingerprint density at radius 1 is 1.36 bits per heavy atom. The van der Waals surface area contributed by atoms with Crippen molar-refractivity contribution in [2.75, 3.05) is 18.5 Å². The normalized spacial score (nSPS) is 21.3. The molecule has 0 bridgehead atoms. The number of anilines is 1. The Morgan fingerprint density at radius 3 is 3.00 bits per heavy atom. The maximum absolute atomic E-state index is 11.3. The molecule has 0 radical (unpaired) electrons. The number of fused-ring (bicyclic) bond motifs is 1. The van der Waals surface area contributed by atoms with E-state index in [1.54, 1.807) is 0 Å². The van der Waals surface area contributed by atoms with E-state index in [0.29, 0.717) is 24.8 Å². The molecule has 1 saturated carbocycles. The first-order chi connectivity index (χ1) is 13.7. The zero-order valence-corrected chi connectivity index (χ0v) is 16.2. The number of hydrogen-bond donors (Lipinski definition) is 2. The van der Waals surface area contributed by atoms with Gasteiger partial charge in [0.25, 0.3) is 0 Å². The van der Waals surface area contributed by atoms with Crippen LogP contribution in [-0.2, 0) is 17.6 Å². The monoisotopic (exact) mass is 381 g/mol. The van der Waals surface area contributed by atoms with Crippen molar-refractivity contribution in [1.29, 1.82) is 0 Å². The molecule has 0 spiro atoms. The van der Waals surface area contributed by atoms with Gasteiger partial charge in [0.1, 0.15) is 5.82 Å². The second-order valence-corrected chi connectivity index (χ2v) is 7.73.